The lowest BCUT2D eigenvalue weighted by Gasteiger charge is -2.11. The van der Waals surface area contributed by atoms with E-state index in [1.807, 2.05) is 36.4 Å². The van der Waals surface area contributed by atoms with Crippen LogP contribution in [0.2, 0.25) is 0 Å². The third-order valence-electron chi connectivity index (χ3n) is 4.94. The third-order valence-corrected chi connectivity index (χ3v) is 4.94. The Morgan fingerprint density at radius 1 is 0.839 bits per heavy atom. The standard InChI is InChI=1S/C27H28O4/c1-4-18-29-24-14-10-23(11-15-24)27(28)31-26-16-8-22(9-17-26)21-6-12-25(13-7-21)30-19-20(3)5-2/h4,6-17,20H,1,5,18-19H2,2-3H3. The molecule has 0 radical (unpaired) electrons. The van der Waals surface area contributed by atoms with Crippen molar-refractivity contribution in [3.63, 3.8) is 0 Å². The monoisotopic (exact) mass is 416 g/mol. The molecule has 0 spiro atoms. The van der Waals surface area contributed by atoms with Crippen molar-refractivity contribution in [2.75, 3.05) is 13.2 Å². The smallest absolute Gasteiger partial charge is 0.343 e. The molecule has 160 valence electrons. The van der Waals surface area contributed by atoms with Gasteiger partial charge in [-0.15, -0.1) is 0 Å². The summed E-state index contributed by atoms with van der Waals surface area (Å²) in [6.07, 6.45) is 2.77. The van der Waals surface area contributed by atoms with Gasteiger partial charge >= 0.3 is 5.97 Å². The lowest BCUT2D eigenvalue weighted by molar-refractivity contribution is 0.0734. The topological polar surface area (TPSA) is 44.8 Å². The highest BCUT2D eigenvalue weighted by molar-refractivity contribution is 5.91. The Kier molecular flexibility index (Phi) is 7.88. The SMILES string of the molecule is C=CCOc1ccc(C(=O)Oc2ccc(-c3ccc(OCC(C)CC)cc3)cc2)cc1. The van der Waals surface area contributed by atoms with Crippen LogP contribution in [0.3, 0.4) is 0 Å². The summed E-state index contributed by atoms with van der Waals surface area (Å²) in [5, 5.41) is 0. The second kappa shape index (κ2) is 11.0. The van der Waals surface area contributed by atoms with E-state index in [4.69, 9.17) is 14.2 Å². The van der Waals surface area contributed by atoms with Gasteiger partial charge in [-0.3, -0.25) is 0 Å². The maximum atomic E-state index is 12.4. The average molecular weight is 417 g/mol. The number of hydrogen-bond acceptors (Lipinski definition) is 4. The molecular weight excluding hydrogens is 388 g/mol. The van der Waals surface area contributed by atoms with Crippen molar-refractivity contribution >= 4 is 5.97 Å². The Morgan fingerprint density at radius 2 is 1.35 bits per heavy atom. The van der Waals surface area contributed by atoms with Gasteiger partial charge in [-0.05, 0) is 65.6 Å². The van der Waals surface area contributed by atoms with Crippen molar-refractivity contribution in [3.05, 3.63) is 91.0 Å². The van der Waals surface area contributed by atoms with Gasteiger partial charge in [-0.2, -0.15) is 0 Å². The minimum atomic E-state index is -0.411. The zero-order valence-corrected chi connectivity index (χ0v) is 18.0. The fourth-order valence-electron chi connectivity index (χ4n) is 2.82. The molecule has 0 saturated carbocycles. The van der Waals surface area contributed by atoms with Crippen molar-refractivity contribution in [2.45, 2.75) is 20.3 Å². The fourth-order valence-corrected chi connectivity index (χ4v) is 2.82. The predicted molar refractivity (Wildman–Crippen MR) is 124 cm³/mol. The van der Waals surface area contributed by atoms with Gasteiger partial charge in [0.05, 0.1) is 12.2 Å². The molecule has 4 heteroatoms. The van der Waals surface area contributed by atoms with Gasteiger partial charge < -0.3 is 14.2 Å². The third kappa shape index (κ3) is 6.48. The number of rotatable bonds is 10. The van der Waals surface area contributed by atoms with Gasteiger partial charge in [-0.25, -0.2) is 4.79 Å². The molecule has 1 atom stereocenters. The van der Waals surface area contributed by atoms with E-state index < -0.39 is 5.97 Å². The Bertz CT molecular complexity index is 973. The Morgan fingerprint density at radius 3 is 1.90 bits per heavy atom. The number of carbonyl (C=O) groups excluding carboxylic acids is 1. The van der Waals surface area contributed by atoms with Crippen molar-refractivity contribution in [1.29, 1.82) is 0 Å². The minimum Gasteiger partial charge on any atom is -0.493 e. The molecule has 0 N–H and O–H groups in total. The van der Waals surface area contributed by atoms with E-state index in [0.717, 1.165) is 29.9 Å². The Labute approximate surface area is 184 Å². The first-order valence-corrected chi connectivity index (χ1v) is 10.5. The maximum Gasteiger partial charge on any atom is 0.343 e. The number of benzene rings is 3. The molecule has 31 heavy (non-hydrogen) atoms. The second-order valence-corrected chi connectivity index (χ2v) is 7.39. The summed E-state index contributed by atoms with van der Waals surface area (Å²) in [4.78, 5) is 12.4. The quantitative estimate of drug-likeness (QED) is 0.213. The molecule has 4 nitrogen and oxygen atoms in total. The van der Waals surface area contributed by atoms with Crippen LogP contribution in [0.5, 0.6) is 17.2 Å². The van der Waals surface area contributed by atoms with Crippen LogP contribution >= 0.6 is 0 Å². The van der Waals surface area contributed by atoms with Gasteiger partial charge in [0.15, 0.2) is 0 Å². The molecule has 0 amide bonds. The van der Waals surface area contributed by atoms with Gasteiger partial charge in [0.1, 0.15) is 23.9 Å². The molecular formula is C27H28O4. The number of carbonyl (C=O) groups is 1. The van der Waals surface area contributed by atoms with Crippen LogP contribution in [-0.2, 0) is 0 Å². The maximum absolute atomic E-state index is 12.4. The lowest BCUT2D eigenvalue weighted by Crippen LogP contribution is -2.08. The molecule has 0 bridgehead atoms. The molecule has 1 unspecified atom stereocenters. The molecule has 3 aromatic rings. The van der Waals surface area contributed by atoms with Crippen molar-refractivity contribution in [3.8, 4) is 28.4 Å². The highest BCUT2D eigenvalue weighted by atomic mass is 16.5. The summed E-state index contributed by atoms with van der Waals surface area (Å²) < 4.78 is 16.7. The Balaban J connectivity index is 1.58. The van der Waals surface area contributed by atoms with E-state index >= 15 is 0 Å². The summed E-state index contributed by atoms with van der Waals surface area (Å²) in [6, 6.07) is 22.3. The van der Waals surface area contributed by atoms with Crippen LogP contribution in [0.25, 0.3) is 11.1 Å². The normalized spacial score (nSPS) is 11.4. The van der Waals surface area contributed by atoms with E-state index in [9.17, 15) is 4.79 Å². The Hall–Kier alpha value is -3.53. The van der Waals surface area contributed by atoms with Crippen LogP contribution in [-0.4, -0.2) is 19.2 Å². The predicted octanol–water partition coefficient (Wildman–Crippen LogP) is 6.56. The molecule has 0 aliphatic rings. The summed E-state index contributed by atoms with van der Waals surface area (Å²) in [5.41, 5.74) is 2.57. The van der Waals surface area contributed by atoms with Gasteiger partial charge in [-0.1, -0.05) is 57.2 Å². The van der Waals surface area contributed by atoms with Crippen molar-refractivity contribution < 1.29 is 19.0 Å². The van der Waals surface area contributed by atoms with E-state index in [1.165, 1.54) is 0 Å². The average Bonchev–Trinajstić information content (AvgIpc) is 2.82. The van der Waals surface area contributed by atoms with Crippen LogP contribution in [0, 0.1) is 5.92 Å². The summed E-state index contributed by atoms with van der Waals surface area (Å²) >= 11 is 0. The zero-order valence-electron chi connectivity index (χ0n) is 18.0. The molecule has 0 aliphatic heterocycles. The highest BCUT2D eigenvalue weighted by Gasteiger charge is 2.09. The molecule has 0 aromatic heterocycles. The summed E-state index contributed by atoms with van der Waals surface area (Å²) in [7, 11) is 0. The first kappa shape index (κ1) is 22.2. The number of hydrogen-bond donors (Lipinski definition) is 0. The summed E-state index contributed by atoms with van der Waals surface area (Å²) in [5.74, 6) is 2.17. The molecule has 0 fully saturated rings. The van der Waals surface area contributed by atoms with Crippen molar-refractivity contribution in [2.24, 2.45) is 5.92 Å². The minimum absolute atomic E-state index is 0.411. The van der Waals surface area contributed by atoms with Gasteiger partial charge in [0.25, 0.3) is 0 Å². The molecule has 0 saturated heterocycles. The van der Waals surface area contributed by atoms with E-state index in [0.29, 0.717) is 29.6 Å². The molecule has 0 aliphatic carbocycles. The van der Waals surface area contributed by atoms with Gasteiger partial charge in [0.2, 0.25) is 0 Å². The van der Waals surface area contributed by atoms with E-state index in [-0.39, 0.29) is 0 Å². The molecule has 3 aromatic carbocycles. The molecule has 0 heterocycles. The van der Waals surface area contributed by atoms with Crippen molar-refractivity contribution in [1.82, 2.24) is 0 Å². The van der Waals surface area contributed by atoms with Crippen LogP contribution < -0.4 is 14.2 Å². The second-order valence-electron chi connectivity index (χ2n) is 7.39. The number of ether oxygens (including phenoxy) is 3. The zero-order chi connectivity index (χ0) is 22.1. The molecule has 3 rings (SSSR count). The first-order valence-electron chi connectivity index (χ1n) is 10.5. The fraction of sp³-hybridized carbons (Fsp3) is 0.222. The van der Waals surface area contributed by atoms with Gasteiger partial charge in [0, 0.05) is 0 Å². The lowest BCUT2D eigenvalue weighted by atomic mass is 10.1. The first-order chi connectivity index (χ1) is 15.1. The van der Waals surface area contributed by atoms with Crippen LogP contribution in [0.1, 0.15) is 30.6 Å². The van der Waals surface area contributed by atoms with Crippen LogP contribution in [0.4, 0.5) is 0 Å². The summed E-state index contributed by atoms with van der Waals surface area (Å²) in [6.45, 7) is 9.09. The van der Waals surface area contributed by atoms with E-state index in [2.05, 4.69) is 20.4 Å². The largest absolute Gasteiger partial charge is 0.493 e. The number of esters is 1. The van der Waals surface area contributed by atoms with E-state index in [1.54, 1.807) is 42.5 Å². The highest BCUT2D eigenvalue weighted by Crippen LogP contribution is 2.25. The van der Waals surface area contributed by atoms with Crippen LogP contribution in [0.15, 0.2) is 85.5 Å².